The van der Waals surface area contributed by atoms with E-state index in [2.05, 4.69) is 30.9 Å². The fourth-order valence-corrected chi connectivity index (χ4v) is 2.35. The van der Waals surface area contributed by atoms with Crippen molar-refractivity contribution in [2.45, 2.75) is 19.9 Å². The maximum atomic E-state index is 12.6. The van der Waals surface area contributed by atoms with E-state index in [9.17, 15) is 9.59 Å². The molecule has 1 heterocycles. The molecule has 0 bridgehead atoms. The fraction of sp³-hybridized carbons (Fsp3) is 0.267. The second kappa shape index (κ2) is 7.22. The molecule has 0 aliphatic heterocycles. The van der Waals surface area contributed by atoms with Gasteiger partial charge in [0.2, 0.25) is 5.91 Å². The standard InChI is InChI=1S/C15H16BrN3O3/c1-10(2)19(9-14(20)17-13-7-8-22-18-13)15(21)11-5-3-4-6-12(11)16/h3-8,10H,9H2,1-2H3,(H,17,18,20). The molecular weight excluding hydrogens is 350 g/mol. The van der Waals surface area contributed by atoms with Crippen molar-refractivity contribution in [3.05, 3.63) is 46.6 Å². The lowest BCUT2D eigenvalue weighted by Crippen LogP contribution is -2.42. The van der Waals surface area contributed by atoms with E-state index in [1.165, 1.54) is 17.2 Å². The zero-order valence-corrected chi connectivity index (χ0v) is 13.8. The number of nitrogens with zero attached hydrogens (tertiary/aromatic N) is 2. The molecule has 22 heavy (non-hydrogen) atoms. The van der Waals surface area contributed by atoms with Crippen LogP contribution in [0.15, 0.2) is 45.6 Å². The van der Waals surface area contributed by atoms with Crippen LogP contribution < -0.4 is 5.32 Å². The molecule has 7 heteroatoms. The average Bonchev–Trinajstić information content (AvgIpc) is 2.97. The minimum atomic E-state index is -0.331. The third-order valence-electron chi connectivity index (χ3n) is 3.01. The Morgan fingerprint density at radius 2 is 2.05 bits per heavy atom. The number of carbonyl (C=O) groups excluding carboxylic acids is 2. The predicted molar refractivity (Wildman–Crippen MR) is 85.4 cm³/mol. The first kappa shape index (κ1) is 16.2. The summed E-state index contributed by atoms with van der Waals surface area (Å²) in [5.41, 5.74) is 0.519. The normalized spacial score (nSPS) is 10.5. The van der Waals surface area contributed by atoms with Gasteiger partial charge in [-0.25, -0.2) is 0 Å². The second-order valence-corrected chi connectivity index (χ2v) is 5.79. The van der Waals surface area contributed by atoms with Crippen LogP contribution in [0, 0.1) is 0 Å². The maximum absolute atomic E-state index is 12.6. The van der Waals surface area contributed by atoms with Crippen LogP contribution in [-0.4, -0.2) is 34.5 Å². The Kier molecular flexibility index (Phi) is 5.32. The highest BCUT2D eigenvalue weighted by Crippen LogP contribution is 2.19. The van der Waals surface area contributed by atoms with Crippen LogP contribution in [0.2, 0.25) is 0 Å². The smallest absolute Gasteiger partial charge is 0.255 e. The van der Waals surface area contributed by atoms with Gasteiger partial charge >= 0.3 is 0 Å². The van der Waals surface area contributed by atoms with Crippen molar-refractivity contribution >= 4 is 33.6 Å². The Morgan fingerprint density at radius 1 is 1.32 bits per heavy atom. The first-order valence-electron chi connectivity index (χ1n) is 6.74. The highest BCUT2D eigenvalue weighted by atomic mass is 79.9. The zero-order chi connectivity index (χ0) is 16.1. The zero-order valence-electron chi connectivity index (χ0n) is 12.2. The molecule has 0 unspecified atom stereocenters. The largest absolute Gasteiger partial charge is 0.363 e. The van der Waals surface area contributed by atoms with E-state index in [-0.39, 0.29) is 24.4 Å². The van der Waals surface area contributed by atoms with Crippen molar-refractivity contribution in [2.75, 3.05) is 11.9 Å². The van der Waals surface area contributed by atoms with E-state index in [0.29, 0.717) is 15.9 Å². The summed E-state index contributed by atoms with van der Waals surface area (Å²) in [5.74, 6) is -0.220. The van der Waals surface area contributed by atoms with Crippen LogP contribution in [0.5, 0.6) is 0 Å². The topological polar surface area (TPSA) is 75.4 Å². The molecule has 1 aromatic heterocycles. The summed E-state index contributed by atoms with van der Waals surface area (Å²) in [6.07, 6.45) is 1.36. The van der Waals surface area contributed by atoms with Crippen molar-refractivity contribution in [1.29, 1.82) is 0 Å². The van der Waals surface area contributed by atoms with Crippen molar-refractivity contribution in [2.24, 2.45) is 0 Å². The molecule has 0 aliphatic carbocycles. The van der Waals surface area contributed by atoms with Gasteiger partial charge in [0.1, 0.15) is 12.8 Å². The molecule has 0 radical (unpaired) electrons. The van der Waals surface area contributed by atoms with Crippen molar-refractivity contribution in [3.8, 4) is 0 Å². The Bertz CT molecular complexity index is 656. The number of rotatable bonds is 5. The fourth-order valence-electron chi connectivity index (χ4n) is 1.89. The van der Waals surface area contributed by atoms with Crippen LogP contribution in [-0.2, 0) is 4.79 Å². The van der Waals surface area contributed by atoms with Gasteiger partial charge in [-0.05, 0) is 41.9 Å². The minimum Gasteiger partial charge on any atom is -0.363 e. The summed E-state index contributed by atoms with van der Waals surface area (Å²) in [7, 11) is 0. The molecule has 6 nitrogen and oxygen atoms in total. The summed E-state index contributed by atoms with van der Waals surface area (Å²) >= 11 is 3.36. The lowest BCUT2D eigenvalue weighted by atomic mass is 10.1. The molecule has 2 aromatic rings. The summed E-state index contributed by atoms with van der Waals surface area (Å²) in [6, 6.07) is 8.54. The van der Waals surface area contributed by atoms with Gasteiger partial charge < -0.3 is 14.7 Å². The molecule has 0 fully saturated rings. The molecule has 0 atom stereocenters. The van der Waals surface area contributed by atoms with Gasteiger partial charge in [-0.1, -0.05) is 17.3 Å². The number of aromatic nitrogens is 1. The summed E-state index contributed by atoms with van der Waals surface area (Å²) in [4.78, 5) is 26.2. The third kappa shape index (κ3) is 3.94. The Hall–Kier alpha value is -2.15. The minimum absolute atomic E-state index is 0.0648. The first-order chi connectivity index (χ1) is 10.5. The van der Waals surface area contributed by atoms with Crippen LogP contribution >= 0.6 is 15.9 Å². The van der Waals surface area contributed by atoms with Gasteiger partial charge in [-0.3, -0.25) is 9.59 Å². The lowest BCUT2D eigenvalue weighted by Gasteiger charge is -2.26. The van der Waals surface area contributed by atoms with Gasteiger partial charge in [-0.2, -0.15) is 0 Å². The number of hydrogen-bond acceptors (Lipinski definition) is 4. The molecule has 116 valence electrons. The Labute approximate surface area is 136 Å². The molecule has 0 aliphatic rings. The number of benzene rings is 1. The van der Waals surface area contributed by atoms with E-state index >= 15 is 0 Å². The van der Waals surface area contributed by atoms with Crippen LogP contribution in [0.4, 0.5) is 5.82 Å². The van der Waals surface area contributed by atoms with Gasteiger partial charge in [0, 0.05) is 16.6 Å². The van der Waals surface area contributed by atoms with E-state index in [1.54, 1.807) is 18.2 Å². The number of halogens is 1. The molecule has 0 saturated heterocycles. The van der Waals surface area contributed by atoms with Gasteiger partial charge in [0.15, 0.2) is 5.82 Å². The number of amides is 2. The van der Waals surface area contributed by atoms with Gasteiger partial charge in [0.05, 0.1) is 5.56 Å². The monoisotopic (exact) mass is 365 g/mol. The van der Waals surface area contributed by atoms with Crippen molar-refractivity contribution in [1.82, 2.24) is 10.1 Å². The highest BCUT2D eigenvalue weighted by Gasteiger charge is 2.23. The average molecular weight is 366 g/mol. The van der Waals surface area contributed by atoms with Crippen molar-refractivity contribution in [3.63, 3.8) is 0 Å². The number of nitrogens with one attached hydrogen (secondary N) is 1. The third-order valence-corrected chi connectivity index (χ3v) is 3.70. The first-order valence-corrected chi connectivity index (χ1v) is 7.54. The van der Waals surface area contributed by atoms with E-state index in [0.717, 1.165) is 0 Å². The maximum Gasteiger partial charge on any atom is 0.255 e. The molecule has 1 aromatic carbocycles. The highest BCUT2D eigenvalue weighted by molar-refractivity contribution is 9.10. The van der Waals surface area contributed by atoms with Crippen LogP contribution in [0.3, 0.4) is 0 Å². The van der Waals surface area contributed by atoms with Crippen molar-refractivity contribution < 1.29 is 14.1 Å². The molecule has 0 spiro atoms. The number of anilines is 1. The lowest BCUT2D eigenvalue weighted by molar-refractivity contribution is -0.117. The summed E-state index contributed by atoms with van der Waals surface area (Å²) < 4.78 is 5.35. The van der Waals surface area contributed by atoms with Crippen LogP contribution in [0.25, 0.3) is 0 Å². The molecular formula is C15H16BrN3O3. The second-order valence-electron chi connectivity index (χ2n) is 4.94. The SMILES string of the molecule is CC(C)N(CC(=O)Nc1ccon1)C(=O)c1ccccc1Br. The van der Waals surface area contributed by atoms with E-state index < -0.39 is 0 Å². The molecule has 0 saturated carbocycles. The van der Waals surface area contributed by atoms with Gasteiger partial charge in [0.25, 0.3) is 5.91 Å². The van der Waals surface area contributed by atoms with Gasteiger partial charge in [-0.15, -0.1) is 0 Å². The van der Waals surface area contributed by atoms with Crippen LogP contribution in [0.1, 0.15) is 24.2 Å². The van der Waals surface area contributed by atoms with E-state index in [4.69, 9.17) is 0 Å². The molecule has 2 rings (SSSR count). The number of carbonyl (C=O) groups is 2. The summed E-state index contributed by atoms with van der Waals surface area (Å²) in [6.45, 7) is 3.65. The number of hydrogen-bond donors (Lipinski definition) is 1. The molecule has 2 amide bonds. The van der Waals surface area contributed by atoms with E-state index in [1.807, 2.05) is 19.9 Å². The predicted octanol–water partition coefficient (Wildman–Crippen LogP) is 2.93. The Balaban J connectivity index is 2.11. The molecule has 1 N–H and O–H groups in total. The summed E-state index contributed by atoms with van der Waals surface area (Å²) in [5, 5.41) is 6.19. The quantitative estimate of drug-likeness (QED) is 0.883. The Morgan fingerprint density at radius 3 is 2.64 bits per heavy atom.